The Morgan fingerprint density at radius 3 is 3.00 bits per heavy atom. The highest BCUT2D eigenvalue weighted by molar-refractivity contribution is 7.98. The van der Waals surface area contributed by atoms with E-state index in [0.717, 1.165) is 18.5 Å². The third-order valence-electron chi connectivity index (χ3n) is 2.21. The molecule has 0 spiro atoms. The van der Waals surface area contributed by atoms with Crippen LogP contribution in [0.1, 0.15) is 25.7 Å². The normalized spacial score (nSPS) is 26.5. The number of rotatable bonds is 4. The molecule has 2 unspecified atom stereocenters. The predicted molar refractivity (Wildman–Crippen MR) is 52.1 cm³/mol. The molecule has 0 amide bonds. The van der Waals surface area contributed by atoms with E-state index in [-0.39, 0.29) is 0 Å². The average molecular weight is 188 g/mol. The molecule has 1 saturated heterocycles. The van der Waals surface area contributed by atoms with Gasteiger partial charge in [0.2, 0.25) is 0 Å². The summed E-state index contributed by atoms with van der Waals surface area (Å²) >= 11 is 0. The van der Waals surface area contributed by atoms with Gasteiger partial charge in [-0.15, -0.1) is 0 Å². The summed E-state index contributed by atoms with van der Waals surface area (Å²) in [4.78, 5) is 0. The van der Waals surface area contributed by atoms with Crippen LogP contribution in [0.3, 0.4) is 0 Å². The number of hydrogen-bond acceptors (Lipinski definition) is 3. The summed E-state index contributed by atoms with van der Waals surface area (Å²) in [5, 5.41) is 10.2. The van der Waals surface area contributed by atoms with Gasteiger partial charge in [-0.05, 0) is 25.8 Å². The summed E-state index contributed by atoms with van der Waals surface area (Å²) in [6, 6.07) is 0.544. The summed E-state index contributed by atoms with van der Waals surface area (Å²) < 4.78 is 10.9. The van der Waals surface area contributed by atoms with Crippen molar-refractivity contribution in [2.45, 2.75) is 31.7 Å². The number of piperidine rings is 1. The van der Waals surface area contributed by atoms with E-state index in [4.69, 9.17) is 5.41 Å². The first-order chi connectivity index (χ1) is 5.83. The maximum atomic E-state index is 10.9. The smallest absolute Gasteiger partial charge is 0.0818 e. The summed E-state index contributed by atoms with van der Waals surface area (Å²) in [5.41, 5.74) is 1.03. The second-order valence-electron chi connectivity index (χ2n) is 3.14. The Hall–Kier alpha value is -0.220. The van der Waals surface area contributed by atoms with E-state index < -0.39 is 10.8 Å². The summed E-state index contributed by atoms with van der Waals surface area (Å²) in [5.74, 6) is 0.640. The van der Waals surface area contributed by atoms with E-state index in [0.29, 0.717) is 11.8 Å². The third-order valence-corrected chi connectivity index (χ3v) is 3.11. The molecule has 3 nitrogen and oxygen atoms in total. The van der Waals surface area contributed by atoms with Crippen LogP contribution in [-0.4, -0.2) is 28.1 Å². The molecule has 0 saturated carbocycles. The minimum Gasteiger partial charge on any atom is -0.314 e. The van der Waals surface area contributed by atoms with Crippen molar-refractivity contribution in [3.05, 3.63) is 0 Å². The Labute approximate surface area is 75.9 Å². The minimum absolute atomic E-state index is 0.544. The van der Waals surface area contributed by atoms with Crippen molar-refractivity contribution in [1.29, 1.82) is 5.41 Å². The van der Waals surface area contributed by atoms with Gasteiger partial charge in [0.25, 0.3) is 0 Å². The fraction of sp³-hybridized carbons (Fsp3) is 0.875. The molecular weight excluding hydrogens is 172 g/mol. The quantitative estimate of drug-likeness (QED) is 0.508. The molecule has 1 aliphatic heterocycles. The molecule has 1 fully saturated rings. The van der Waals surface area contributed by atoms with Crippen molar-refractivity contribution in [2.75, 3.05) is 12.3 Å². The van der Waals surface area contributed by atoms with Gasteiger partial charge >= 0.3 is 0 Å². The summed E-state index contributed by atoms with van der Waals surface area (Å²) in [6.07, 6.45) is 4.70. The average Bonchev–Trinajstić information content (AvgIpc) is 2.16. The number of nitrogens with one attached hydrogen (secondary N) is 2. The van der Waals surface area contributed by atoms with E-state index in [1.165, 1.54) is 19.3 Å². The Bertz CT molecular complexity index is 166. The lowest BCUT2D eigenvalue weighted by molar-refractivity contribution is 0.394. The highest BCUT2D eigenvalue weighted by Gasteiger charge is 2.12. The van der Waals surface area contributed by atoms with Crippen molar-refractivity contribution in [1.82, 2.24) is 5.32 Å². The molecule has 0 aliphatic carbocycles. The van der Waals surface area contributed by atoms with Crippen LogP contribution >= 0.6 is 0 Å². The molecule has 1 heterocycles. The first kappa shape index (κ1) is 9.86. The van der Waals surface area contributed by atoms with Gasteiger partial charge < -0.3 is 5.32 Å². The van der Waals surface area contributed by atoms with Crippen LogP contribution in [0.2, 0.25) is 0 Å². The van der Waals surface area contributed by atoms with Crippen molar-refractivity contribution < 1.29 is 4.21 Å². The highest BCUT2D eigenvalue weighted by Crippen LogP contribution is 2.09. The minimum atomic E-state index is -1.03. The highest BCUT2D eigenvalue weighted by atomic mass is 32.2. The van der Waals surface area contributed by atoms with Crippen molar-refractivity contribution in [2.24, 2.45) is 0 Å². The van der Waals surface area contributed by atoms with E-state index >= 15 is 0 Å². The molecule has 0 aromatic heterocycles. The lowest BCUT2D eigenvalue weighted by atomic mass is 10.0. The third kappa shape index (κ3) is 3.45. The maximum Gasteiger partial charge on any atom is 0.0818 e. The molecule has 70 valence electrons. The number of hydrogen-bond donors (Lipinski definition) is 2. The SMILES string of the molecule is N=CS(=O)CCC1CCCCN1. The lowest BCUT2D eigenvalue weighted by Crippen LogP contribution is -2.34. The summed E-state index contributed by atoms with van der Waals surface area (Å²) in [7, 11) is -1.03. The molecule has 2 N–H and O–H groups in total. The molecule has 0 aromatic rings. The van der Waals surface area contributed by atoms with Crippen LogP contribution in [0.25, 0.3) is 0 Å². The Morgan fingerprint density at radius 2 is 2.42 bits per heavy atom. The van der Waals surface area contributed by atoms with Gasteiger partial charge in [-0.3, -0.25) is 9.62 Å². The van der Waals surface area contributed by atoms with E-state index in [1.807, 2.05) is 0 Å². The molecule has 0 aromatic carbocycles. The van der Waals surface area contributed by atoms with Crippen LogP contribution in [-0.2, 0) is 10.8 Å². The molecule has 1 rings (SSSR count). The molecule has 4 heteroatoms. The summed E-state index contributed by atoms with van der Waals surface area (Å²) in [6.45, 7) is 1.10. The zero-order chi connectivity index (χ0) is 8.81. The van der Waals surface area contributed by atoms with Crippen molar-refractivity contribution in [3.63, 3.8) is 0 Å². The van der Waals surface area contributed by atoms with Crippen LogP contribution < -0.4 is 5.32 Å². The lowest BCUT2D eigenvalue weighted by Gasteiger charge is -2.22. The second kappa shape index (κ2) is 5.43. The van der Waals surface area contributed by atoms with Gasteiger partial charge in [-0.1, -0.05) is 6.42 Å². The van der Waals surface area contributed by atoms with Gasteiger partial charge in [0.1, 0.15) is 0 Å². The van der Waals surface area contributed by atoms with E-state index in [1.54, 1.807) is 0 Å². The predicted octanol–water partition coefficient (Wildman–Crippen LogP) is 0.874. The van der Waals surface area contributed by atoms with Gasteiger partial charge in [0.05, 0.1) is 16.3 Å². The van der Waals surface area contributed by atoms with Crippen LogP contribution in [0.5, 0.6) is 0 Å². The Balaban J connectivity index is 2.12. The van der Waals surface area contributed by atoms with Crippen molar-refractivity contribution in [3.8, 4) is 0 Å². The molecule has 2 atom stereocenters. The molecule has 12 heavy (non-hydrogen) atoms. The monoisotopic (exact) mass is 188 g/mol. The molecular formula is C8H16N2OS. The van der Waals surface area contributed by atoms with Crippen LogP contribution in [0.4, 0.5) is 0 Å². The van der Waals surface area contributed by atoms with E-state index in [9.17, 15) is 4.21 Å². The Kier molecular flexibility index (Phi) is 4.46. The largest absolute Gasteiger partial charge is 0.314 e. The molecule has 1 aliphatic rings. The Morgan fingerprint density at radius 1 is 1.58 bits per heavy atom. The maximum absolute atomic E-state index is 10.9. The zero-order valence-electron chi connectivity index (χ0n) is 7.21. The second-order valence-corrected chi connectivity index (χ2v) is 4.54. The van der Waals surface area contributed by atoms with Gasteiger partial charge in [0.15, 0.2) is 0 Å². The van der Waals surface area contributed by atoms with E-state index in [2.05, 4.69) is 5.32 Å². The molecule has 0 radical (unpaired) electrons. The van der Waals surface area contributed by atoms with Gasteiger partial charge in [-0.2, -0.15) is 0 Å². The van der Waals surface area contributed by atoms with Gasteiger partial charge in [-0.25, -0.2) is 0 Å². The molecule has 0 bridgehead atoms. The first-order valence-electron chi connectivity index (χ1n) is 4.44. The standard InChI is InChI=1S/C8H16N2OS/c9-7-12(11)6-4-8-3-1-2-5-10-8/h7-10H,1-6H2. The first-order valence-corrected chi connectivity index (χ1v) is 5.82. The van der Waals surface area contributed by atoms with Crippen LogP contribution in [0, 0.1) is 5.41 Å². The zero-order valence-corrected chi connectivity index (χ0v) is 8.03. The van der Waals surface area contributed by atoms with Gasteiger partial charge in [0, 0.05) is 11.8 Å². The topological polar surface area (TPSA) is 53.0 Å². The fourth-order valence-electron chi connectivity index (χ4n) is 1.49. The van der Waals surface area contributed by atoms with Crippen molar-refractivity contribution >= 4 is 16.3 Å². The van der Waals surface area contributed by atoms with Crippen LogP contribution in [0.15, 0.2) is 0 Å². The fourth-order valence-corrected chi connectivity index (χ4v) is 2.12.